The van der Waals surface area contributed by atoms with Crippen LogP contribution in [0.2, 0.25) is 0 Å². The van der Waals surface area contributed by atoms with Gasteiger partial charge in [-0.1, -0.05) is 140 Å². The van der Waals surface area contributed by atoms with E-state index in [1.807, 2.05) is 54.6 Å². The van der Waals surface area contributed by atoms with Crippen LogP contribution < -0.4 is 9.80 Å². The van der Waals surface area contributed by atoms with E-state index in [1.165, 1.54) is 0 Å². The maximum atomic E-state index is 11.5. The van der Waals surface area contributed by atoms with Crippen LogP contribution >= 0.6 is 0 Å². The topological polar surface area (TPSA) is 43.4 Å². The first-order valence-corrected chi connectivity index (χ1v) is 19.1. The predicted molar refractivity (Wildman–Crippen MR) is 236 cm³/mol. The summed E-state index contributed by atoms with van der Waals surface area (Å²) in [6.45, 7) is 0. The van der Waals surface area contributed by atoms with Crippen molar-refractivity contribution in [2.75, 3.05) is 9.80 Å². The second-order valence-corrected chi connectivity index (χ2v) is 14.1. The smallest absolute Gasteiger partial charge is 0.135 e. The maximum Gasteiger partial charge on any atom is 0.135 e. The number of nitrogens with zero attached hydrogens (tertiary/aromatic N) is 3. The van der Waals surface area contributed by atoms with Crippen molar-refractivity contribution in [3.05, 3.63) is 218 Å². The van der Waals surface area contributed by atoms with Crippen molar-refractivity contribution in [2.24, 2.45) is 0 Å². The molecular weight excluding hydrogens is 695 g/mol. The molecule has 0 radical (unpaired) electrons. The fourth-order valence-electron chi connectivity index (χ4n) is 7.91. The molecular formula is C53H35N3O. The lowest BCUT2D eigenvalue weighted by Crippen LogP contribution is -2.16. The fourth-order valence-corrected chi connectivity index (χ4v) is 7.91. The van der Waals surface area contributed by atoms with Crippen LogP contribution in [0.15, 0.2) is 217 Å². The average molecular weight is 730 g/mol. The first kappa shape index (κ1) is 33.7. The molecule has 0 saturated carbocycles. The van der Waals surface area contributed by atoms with Gasteiger partial charge in [-0.25, -0.2) is 0 Å². The molecule has 0 bridgehead atoms. The molecule has 0 fully saturated rings. The first-order chi connectivity index (χ1) is 28.2. The Hall–Kier alpha value is -7.87. The summed E-state index contributed by atoms with van der Waals surface area (Å²) < 4.78 is 6.29. The summed E-state index contributed by atoms with van der Waals surface area (Å²) in [5.74, 6) is 0. The van der Waals surface area contributed by atoms with Gasteiger partial charge in [-0.05, 0) is 106 Å². The Morgan fingerprint density at radius 2 is 0.842 bits per heavy atom. The highest BCUT2D eigenvalue weighted by molar-refractivity contribution is 6.07. The van der Waals surface area contributed by atoms with E-state index in [9.17, 15) is 5.26 Å². The van der Waals surface area contributed by atoms with E-state index in [2.05, 4.69) is 174 Å². The molecule has 0 aliphatic rings. The monoisotopic (exact) mass is 729 g/mol. The molecule has 1 heterocycles. The van der Waals surface area contributed by atoms with Gasteiger partial charge in [-0.2, -0.15) is 5.26 Å². The fraction of sp³-hybridized carbons (Fsp3) is 0. The Morgan fingerprint density at radius 1 is 0.351 bits per heavy atom. The van der Waals surface area contributed by atoms with Crippen LogP contribution in [-0.4, -0.2) is 0 Å². The standard InChI is InChI=1S/C53H35N3O/c54-36-49-50(55(43-20-8-3-9-21-43)44-27-24-40(25-28-44)37-14-4-1-5-15-37)33-42(38-16-6-2-7-17-38)34-51(49)56(45-29-26-39-18-10-11-19-41(39)32-45)46-30-31-53-48(35-46)47-22-12-13-23-52(47)57-53/h1-35H. The van der Waals surface area contributed by atoms with Crippen LogP contribution in [0.25, 0.3) is 55.0 Å². The Bertz CT molecular complexity index is 3080. The lowest BCUT2D eigenvalue weighted by atomic mass is 9.97. The van der Waals surface area contributed by atoms with E-state index in [1.54, 1.807) is 0 Å². The largest absolute Gasteiger partial charge is 0.456 e. The third-order valence-corrected chi connectivity index (χ3v) is 10.7. The van der Waals surface area contributed by atoms with Crippen molar-refractivity contribution in [3.63, 3.8) is 0 Å². The highest BCUT2D eigenvalue weighted by Crippen LogP contribution is 2.47. The molecule has 0 aliphatic carbocycles. The summed E-state index contributed by atoms with van der Waals surface area (Å²) in [5, 5.41) is 15.8. The number of hydrogen-bond donors (Lipinski definition) is 0. The molecule has 0 saturated heterocycles. The van der Waals surface area contributed by atoms with Crippen LogP contribution in [-0.2, 0) is 0 Å². The Kier molecular flexibility index (Phi) is 8.52. The van der Waals surface area contributed by atoms with Gasteiger partial charge in [0, 0.05) is 33.5 Å². The van der Waals surface area contributed by atoms with Crippen molar-refractivity contribution >= 4 is 66.8 Å². The maximum absolute atomic E-state index is 11.5. The summed E-state index contributed by atoms with van der Waals surface area (Å²) in [7, 11) is 0. The van der Waals surface area contributed by atoms with Gasteiger partial charge in [0.1, 0.15) is 22.8 Å². The molecule has 0 atom stereocenters. The Morgan fingerprint density at radius 3 is 1.54 bits per heavy atom. The minimum absolute atomic E-state index is 0.538. The summed E-state index contributed by atoms with van der Waals surface area (Å²) in [6, 6.07) is 76.1. The third kappa shape index (κ3) is 6.24. The number of furan rings is 1. The molecule has 0 unspecified atom stereocenters. The number of para-hydroxylation sites is 2. The Balaban J connectivity index is 1.26. The zero-order valence-electron chi connectivity index (χ0n) is 31.0. The molecule has 0 aliphatic heterocycles. The van der Waals surface area contributed by atoms with E-state index >= 15 is 0 Å². The van der Waals surface area contributed by atoms with Crippen molar-refractivity contribution in [1.29, 1.82) is 5.26 Å². The van der Waals surface area contributed by atoms with Gasteiger partial charge in [0.05, 0.1) is 11.4 Å². The SMILES string of the molecule is N#Cc1c(N(c2ccccc2)c2ccc(-c3ccccc3)cc2)cc(-c2ccccc2)cc1N(c1ccc2ccccc2c1)c1ccc2oc3ccccc3c2c1. The van der Waals surface area contributed by atoms with Gasteiger partial charge < -0.3 is 14.2 Å². The molecule has 57 heavy (non-hydrogen) atoms. The van der Waals surface area contributed by atoms with Crippen molar-refractivity contribution in [3.8, 4) is 28.3 Å². The van der Waals surface area contributed by atoms with Crippen LogP contribution in [0.4, 0.5) is 34.1 Å². The molecule has 0 N–H and O–H groups in total. The van der Waals surface area contributed by atoms with E-state index in [4.69, 9.17) is 4.42 Å². The molecule has 268 valence electrons. The zero-order valence-corrected chi connectivity index (χ0v) is 31.0. The van der Waals surface area contributed by atoms with E-state index < -0.39 is 0 Å². The van der Waals surface area contributed by atoms with Gasteiger partial charge in [0.2, 0.25) is 0 Å². The van der Waals surface area contributed by atoms with Crippen molar-refractivity contribution in [1.82, 2.24) is 0 Å². The lowest BCUT2D eigenvalue weighted by Gasteiger charge is -2.32. The highest BCUT2D eigenvalue weighted by atomic mass is 16.3. The summed E-state index contributed by atoms with van der Waals surface area (Å²) in [5.41, 5.74) is 11.8. The molecule has 4 nitrogen and oxygen atoms in total. The predicted octanol–water partition coefficient (Wildman–Crippen LogP) is 14.9. The molecule has 9 aromatic carbocycles. The number of nitriles is 1. The minimum atomic E-state index is 0.538. The highest BCUT2D eigenvalue weighted by Gasteiger charge is 2.26. The van der Waals surface area contributed by atoms with Crippen molar-refractivity contribution < 1.29 is 4.42 Å². The summed E-state index contributed by atoms with van der Waals surface area (Å²) in [6.07, 6.45) is 0. The van der Waals surface area contributed by atoms with Gasteiger partial charge in [0.15, 0.2) is 0 Å². The molecule has 0 spiro atoms. The number of hydrogen-bond acceptors (Lipinski definition) is 4. The average Bonchev–Trinajstić information content (AvgIpc) is 3.66. The third-order valence-electron chi connectivity index (χ3n) is 10.7. The second-order valence-electron chi connectivity index (χ2n) is 14.1. The van der Waals surface area contributed by atoms with Gasteiger partial charge in [0.25, 0.3) is 0 Å². The normalized spacial score (nSPS) is 11.1. The quantitative estimate of drug-likeness (QED) is 0.156. The Labute approximate surface area is 331 Å². The van der Waals surface area contributed by atoms with Crippen LogP contribution in [0.1, 0.15) is 5.56 Å². The first-order valence-electron chi connectivity index (χ1n) is 19.1. The van der Waals surface area contributed by atoms with Crippen LogP contribution in [0.3, 0.4) is 0 Å². The zero-order chi connectivity index (χ0) is 38.1. The van der Waals surface area contributed by atoms with Gasteiger partial charge >= 0.3 is 0 Å². The number of fused-ring (bicyclic) bond motifs is 4. The molecule has 0 amide bonds. The van der Waals surface area contributed by atoms with Crippen LogP contribution in [0, 0.1) is 11.3 Å². The molecule has 10 aromatic rings. The second kappa shape index (κ2) is 14.4. The van der Waals surface area contributed by atoms with E-state index in [0.717, 1.165) is 89.1 Å². The van der Waals surface area contributed by atoms with E-state index in [-0.39, 0.29) is 0 Å². The molecule has 10 rings (SSSR count). The number of anilines is 6. The van der Waals surface area contributed by atoms with Crippen molar-refractivity contribution in [2.45, 2.75) is 0 Å². The number of benzene rings is 9. The van der Waals surface area contributed by atoms with E-state index in [0.29, 0.717) is 5.56 Å². The van der Waals surface area contributed by atoms with Crippen LogP contribution in [0.5, 0.6) is 0 Å². The van der Waals surface area contributed by atoms with Gasteiger partial charge in [-0.3, -0.25) is 0 Å². The van der Waals surface area contributed by atoms with Gasteiger partial charge in [-0.15, -0.1) is 0 Å². The summed E-state index contributed by atoms with van der Waals surface area (Å²) >= 11 is 0. The summed E-state index contributed by atoms with van der Waals surface area (Å²) in [4.78, 5) is 4.43. The molecule has 1 aromatic heterocycles. The lowest BCUT2D eigenvalue weighted by molar-refractivity contribution is 0.669. The number of rotatable bonds is 8. The molecule has 4 heteroatoms. The minimum Gasteiger partial charge on any atom is -0.456 e.